The van der Waals surface area contributed by atoms with E-state index in [1.54, 1.807) is 4.90 Å². The zero-order valence-corrected chi connectivity index (χ0v) is 16.5. The first-order chi connectivity index (χ1) is 12.7. The van der Waals surface area contributed by atoms with Gasteiger partial charge in [-0.2, -0.15) is 0 Å². The SMILES string of the molecule is CC(C)(C)OC(=O)N1CCN2C(NCC3(C(N)=O)CCOCC3)=NCC2C1. The minimum absolute atomic E-state index is 0.132. The molecule has 3 rings (SSSR count). The van der Waals surface area contributed by atoms with Crippen molar-refractivity contribution in [1.82, 2.24) is 15.1 Å². The number of nitrogens with two attached hydrogens (primary N) is 1. The molecule has 9 heteroatoms. The van der Waals surface area contributed by atoms with E-state index in [1.807, 2.05) is 20.8 Å². The Kier molecular flexibility index (Phi) is 5.50. The van der Waals surface area contributed by atoms with Crippen molar-refractivity contribution in [3.8, 4) is 0 Å². The lowest BCUT2D eigenvalue weighted by Crippen LogP contribution is -2.59. The van der Waals surface area contributed by atoms with Gasteiger partial charge in [-0.3, -0.25) is 9.79 Å². The number of nitrogens with one attached hydrogen (secondary N) is 1. The molecule has 2 saturated heterocycles. The van der Waals surface area contributed by atoms with E-state index in [9.17, 15) is 9.59 Å². The van der Waals surface area contributed by atoms with Gasteiger partial charge in [0.25, 0.3) is 0 Å². The third-order valence-electron chi connectivity index (χ3n) is 5.42. The van der Waals surface area contributed by atoms with E-state index >= 15 is 0 Å². The van der Waals surface area contributed by atoms with Crippen LogP contribution in [0.2, 0.25) is 0 Å². The molecule has 0 aliphatic carbocycles. The molecular formula is C18H31N5O4. The molecule has 152 valence electrons. The van der Waals surface area contributed by atoms with Crippen molar-refractivity contribution in [3.05, 3.63) is 0 Å². The summed E-state index contributed by atoms with van der Waals surface area (Å²) in [6.45, 7) is 9.63. The summed E-state index contributed by atoms with van der Waals surface area (Å²) in [6.07, 6.45) is 0.968. The largest absolute Gasteiger partial charge is 0.444 e. The maximum atomic E-state index is 12.3. The van der Waals surface area contributed by atoms with Crippen molar-refractivity contribution in [2.75, 3.05) is 45.9 Å². The quantitative estimate of drug-likeness (QED) is 0.720. The monoisotopic (exact) mass is 381 g/mol. The Hall–Kier alpha value is -2.03. The van der Waals surface area contributed by atoms with Crippen molar-refractivity contribution in [2.24, 2.45) is 16.1 Å². The molecule has 0 radical (unpaired) electrons. The number of amides is 2. The summed E-state index contributed by atoms with van der Waals surface area (Å²) >= 11 is 0. The van der Waals surface area contributed by atoms with E-state index in [0.717, 1.165) is 5.96 Å². The van der Waals surface area contributed by atoms with Crippen LogP contribution in [0.4, 0.5) is 4.79 Å². The highest BCUT2D eigenvalue weighted by Gasteiger charge is 2.41. The zero-order valence-electron chi connectivity index (χ0n) is 16.5. The summed E-state index contributed by atoms with van der Waals surface area (Å²) in [5.41, 5.74) is 4.59. The number of hydrogen-bond donors (Lipinski definition) is 2. The predicted molar refractivity (Wildman–Crippen MR) is 100 cm³/mol. The molecule has 1 atom stereocenters. The molecule has 0 aromatic heterocycles. The van der Waals surface area contributed by atoms with Crippen LogP contribution in [0.5, 0.6) is 0 Å². The normalized spacial score (nSPS) is 24.9. The van der Waals surface area contributed by atoms with Crippen molar-refractivity contribution in [3.63, 3.8) is 0 Å². The van der Waals surface area contributed by atoms with Gasteiger partial charge < -0.3 is 30.3 Å². The number of ether oxygens (including phenoxy) is 2. The molecule has 9 nitrogen and oxygen atoms in total. The maximum Gasteiger partial charge on any atom is 0.410 e. The molecule has 3 N–H and O–H groups in total. The number of carbonyl (C=O) groups excluding carboxylic acids is 2. The zero-order chi connectivity index (χ0) is 19.7. The van der Waals surface area contributed by atoms with Gasteiger partial charge in [0, 0.05) is 39.4 Å². The van der Waals surface area contributed by atoms with Crippen LogP contribution in [0.25, 0.3) is 0 Å². The first kappa shape index (κ1) is 19.7. The topological polar surface area (TPSA) is 109 Å². The fourth-order valence-electron chi connectivity index (χ4n) is 3.74. The Morgan fingerprint density at radius 1 is 1.33 bits per heavy atom. The van der Waals surface area contributed by atoms with Gasteiger partial charge >= 0.3 is 6.09 Å². The first-order valence-corrected chi connectivity index (χ1v) is 9.61. The van der Waals surface area contributed by atoms with Gasteiger partial charge in [-0.1, -0.05) is 0 Å². The highest BCUT2D eigenvalue weighted by Crippen LogP contribution is 2.29. The number of aliphatic imine (C=N–C) groups is 1. The van der Waals surface area contributed by atoms with Crippen LogP contribution < -0.4 is 11.1 Å². The Labute approximate surface area is 160 Å². The second-order valence-electron chi connectivity index (χ2n) is 8.55. The second-order valence-corrected chi connectivity index (χ2v) is 8.55. The number of primary amides is 1. The Balaban J connectivity index is 1.54. The van der Waals surface area contributed by atoms with E-state index in [0.29, 0.717) is 58.8 Å². The van der Waals surface area contributed by atoms with Gasteiger partial charge in [-0.15, -0.1) is 0 Å². The summed E-state index contributed by atoms with van der Waals surface area (Å²) in [7, 11) is 0. The van der Waals surface area contributed by atoms with Gasteiger partial charge in [0.15, 0.2) is 5.96 Å². The fraction of sp³-hybridized carbons (Fsp3) is 0.833. The molecule has 0 spiro atoms. The molecule has 0 bridgehead atoms. The Morgan fingerprint density at radius 3 is 2.67 bits per heavy atom. The van der Waals surface area contributed by atoms with Crippen LogP contribution in [0.15, 0.2) is 4.99 Å². The number of piperazine rings is 1. The minimum atomic E-state index is -0.586. The van der Waals surface area contributed by atoms with Crippen LogP contribution >= 0.6 is 0 Å². The molecule has 3 aliphatic heterocycles. The number of hydrogen-bond acceptors (Lipinski definition) is 7. The molecule has 0 saturated carbocycles. The van der Waals surface area contributed by atoms with Gasteiger partial charge in [0.2, 0.25) is 5.91 Å². The van der Waals surface area contributed by atoms with Crippen molar-refractivity contribution in [2.45, 2.75) is 45.3 Å². The Bertz CT molecular complexity index is 609. The lowest BCUT2D eigenvalue weighted by molar-refractivity contribution is -0.132. The first-order valence-electron chi connectivity index (χ1n) is 9.61. The number of rotatable bonds is 3. The molecule has 2 fully saturated rings. The highest BCUT2D eigenvalue weighted by atomic mass is 16.6. The predicted octanol–water partition coefficient (Wildman–Crippen LogP) is 0.149. The van der Waals surface area contributed by atoms with Crippen LogP contribution in [-0.2, 0) is 14.3 Å². The summed E-state index contributed by atoms with van der Waals surface area (Å²) in [6, 6.07) is 0.132. The van der Waals surface area contributed by atoms with E-state index in [4.69, 9.17) is 15.2 Å². The van der Waals surface area contributed by atoms with Crippen molar-refractivity contribution < 1.29 is 19.1 Å². The third-order valence-corrected chi connectivity index (χ3v) is 5.42. The average molecular weight is 381 g/mol. The van der Waals surface area contributed by atoms with Crippen LogP contribution in [0.1, 0.15) is 33.6 Å². The summed E-state index contributed by atoms with van der Waals surface area (Å²) < 4.78 is 10.8. The van der Waals surface area contributed by atoms with Gasteiger partial charge in [0.1, 0.15) is 5.60 Å². The van der Waals surface area contributed by atoms with Crippen LogP contribution in [0.3, 0.4) is 0 Å². The smallest absolute Gasteiger partial charge is 0.410 e. The van der Waals surface area contributed by atoms with Gasteiger partial charge in [-0.05, 0) is 33.6 Å². The fourth-order valence-corrected chi connectivity index (χ4v) is 3.74. The van der Waals surface area contributed by atoms with Gasteiger partial charge in [-0.25, -0.2) is 4.79 Å². The molecule has 1 unspecified atom stereocenters. The lowest BCUT2D eigenvalue weighted by Gasteiger charge is -2.40. The highest BCUT2D eigenvalue weighted by molar-refractivity contribution is 5.85. The van der Waals surface area contributed by atoms with E-state index < -0.39 is 11.0 Å². The number of guanidine groups is 1. The number of nitrogens with zero attached hydrogens (tertiary/aromatic N) is 3. The second kappa shape index (κ2) is 7.53. The molecule has 3 heterocycles. The summed E-state index contributed by atoms with van der Waals surface area (Å²) in [5, 5.41) is 3.34. The average Bonchev–Trinajstić information content (AvgIpc) is 3.01. The summed E-state index contributed by atoms with van der Waals surface area (Å²) in [5.74, 6) is 0.499. The maximum absolute atomic E-state index is 12.3. The lowest BCUT2D eigenvalue weighted by atomic mass is 9.79. The molecular weight excluding hydrogens is 350 g/mol. The molecule has 0 aromatic rings. The van der Waals surface area contributed by atoms with Crippen molar-refractivity contribution >= 4 is 18.0 Å². The van der Waals surface area contributed by atoms with Crippen LogP contribution in [-0.4, -0.2) is 85.3 Å². The van der Waals surface area contributed by atoms with Crippen molar-refractivity contribution in [1.29, 1.82) is 0 Å². The summed E-state index contributed by atoms with van der Waals surface area (Å²) in [4.78, 5) is 32.8. The number of carbonyl (C=O) groups is 2. The van der Waals surface area contributed by atoms with Crippen LogP contribution in [0, 0.1) is 5.41 Å². The van der Waals surface area contributed by atoms with Gasteiger partial charge in [0.05, 0.1) is 18.0 Å². The van der Waals surface area contributed by atoms with E-state index in [1.165, 1.54) is 0 Å². The third kappa shape index (κ3) is 4.45. The standard InChI is InChI=1S/C18H31N5O4/c1-17(2,3)27-16(25)22-6-7-23-13(11-22)10-20-15(23)21-12-18(14(19)24)4-8-26-9-5-18/h13H,4-12H2,1-3H3,(H2,19,24)(H,20,21). The molecule has 3 aliphatic rings. The molecule has 0 aromatic carbocycles. The molecule has 27 heavy (non-hydrogen) atoms. The molecule has 2 amide bonds. The van der Waals surface area contributed by atoms with E-state index in [-0.39, 0.29) is 18.0 Å². The Morgan fingerprint density at radius 2 is 2.04 bits per heavy atom. The number of fused-ring (bicyclic) bond motifs is 1. The van der Waals surface area contributed by atoms with E-state index in [2.05, 4.69) is 15.2 Å². The minimum Gasteiger partial charge on any atom is -0.444 e.